The summed E-state index contributed by atoms with van der Waals surface area (Å²) in [5, 5.41) is 8.67. The highest BCUT2D eigenvalue weighted by Gasteiger charge is 2.25. The zero-order valence-corrected chi connectivity index (χ0v) is 16.2. The summed E-state index contributed by atoms with van der Waals surface area (Å²) in [6, 6.07) is 6.88. The van der Waals surface area contributed by atoms with Crippen molar-refractivity contribution >= 4 is 16.0 Å². The minimum absolute atomic E-state index is 0.189. The van der Waals surface area contributed by atoms with Crippen molar-refractivity contribution in [2.24, 2.45) is 11.8 Å². The fourth-order valence-corrected chi connectivity index (χ4v) is 4.50. The molecule has 0 bridgehead atoms. The maximum atomic E-state index is 12.5. The Morgan fingerprint density at radius 1 is 1.23 bits per heavy atom. The summed E-state index contributed by atoms with van der Waals surface area (Å²) < 4.78 is 27.7. The highest BCUT2D eigenvalue weighted by atomic mass is 32.2. The highest BCUT2D eigenvalue weighted by Crippen LogP contribution is 2.31. The molecule has 0 saturated heterocycles. The molecule has 0 spiro atoms. The second-order valence-corrected chi connectivity index (χ2v) is 8.85. The van der Waals surface area contributed by atoms with Gasteiger partial charge in [0.05, 0.1) is 4.90 Å². The number of allylic oxidation sites excluding steroid dienone is 2. The topological polar surface area (TPSA) is 83.5 Å². The van der Waals surface area contributed by atoms with E-state index in [9.17, 15) is 13.2 Å². The van der Waals surface area contributed by atoms with Crippen LogP contribution in [0.2, 0.25) is 0 Å². The van der Waals surface area contributed by atoms with E-state index in [4.69, 9.17) is 5.11 Å². The first-order chi connectivity index (χ1) is 12.4. The van der Waals surface area contributed by atoms with Gasteiger partial charge in [0.25, 0.3) is 0 Å². The van der Waals surface area contributed by atoms with E-state index in [1.54, 1.807) is 24.3 Å². The number of aryl methyl sites for hydroxylation is 1. The largest absolute Gasteiger partial charge is 0.481 e. The van der Waals surface area contributed by atoms with Gasteiger partial charge in [-0.25, -0.2) is 13.1 Å². The van der Waals surface area contributed by atoms with Crippen molar-refractivity contribution in [2.75, 3.05) is 6.54 Å². The van der Waals surface area contributed by atoms with Crippen molar-refractivity contribution in [1.82, 2.24) is 4.72 Å². The van der Waals surface area contributed by atoms with E-state index in [-0.39, 0.29) is 6.42 Å². The molecule has 26 heavy (non-hydrogen) atoms. The van der Waals surface area contributed by atoms with Crippen LogP contribution < -0.4 is 4.72 Å². The fourth-order valence-electron chi connectivity index (χ4n) is 3.40. The molecule has 1 aromatic carbocycles. The van der Waals surface area contributed by atoms with Crippen molar-refractivity contribution in [3.8, 4) is 0 Å². The standard InChI is InChI=1S/C20H29NO4S/c1-16-11-13-19(14-12-16)26(24,25)21-15-18-9-6-5-8-17(18)7-3-2-4-10-20(22)23/h3,7,11-14,17-18,21H,2,4-6,8-10,15H2,1H3,(H,22,23). The van der Waals surface area contributed by atoms with Crippen LogP contribution in [0.25, 0.3) is 0 Å². The van der Waals surface area contributed by atoms with Gasteiger partial charge in [0.2, 0.25) is 10.0 Å². The van der Waals surface area contributed by atoms with Gasteiger partial charge >= 0.3 is 5.97 Å². The molecule has 0 amide bonds. The quantitative estimate of drug-likeness (QED) is 0.504. The minimum Gasteiger partial charge on any atom is -0.481 e. The predicted octanol–water partition coefficient (Wildman–Crippen LogP) is 3.89. The molecule has 1 aliphatic rings. The number of carbonyl (C=O) groups is 1. The molecular weight excluding hydrogens is 350 g/mol. The van der Waals surface area contributed by atoms with Gasteiger partial charge in [0, 0.05) is 13.0 Å². The van der Waals surface area contributed by atoms with Gasteiger partial charge in [-0.1, -0.05) is 42.7 Å². The Balaban J connectivity index is 1.90. The van der Waals surface area contributed by atoms with Gasteiger partial charge in [0.15, 0.2) is 0 Å². The molecular formula is C20H29NO4S. The van der Waals surface area contributed by atoms with Gasteiger partial charge in [0.1, 0.15) is 0 Å². The van der Waals surface area contributed by atoms with E-state index in [0.717, 1.165) is 37.7 Å². The molecule has 6 heteroatoms. The van der Waals surface area contributed by atoms with Crippen LogP contribution in [-0.4, -0.2) is 26.0 Å². The van der Waals surface area contributed by atoms with E-state index in [1.165, 1.54) is 0 Å². The third kappa shape index (κ3) is 6.57. The lowest BCUT2D eigenvalue weighted by molar-refractivity contribution is -0.137. The van der Waals surface area contributed by atoms with Gasteiger partial charge in [-0.15, -0.1) is 0 Å². The third-order valence-corrected chi connectivity index (χ3v) is 6.42. The summed E-state index contributed by atoms with van der Waals surface area (Å²) in [6.07, 6.45) is 10.2. The third-order valence-electron chi connectivity index (χ3n) is 4.98. The van der Waals surface area contributed by atoms with Crippen LogP contribution in [0, 0.1) is 18.8 Å². The number of sulfonamides is 1. The molecule has 2 atom stereocenters. The van der Waals surface area contributed by atoms with Crippen LogP contribution in [0.3, 0.4) is 0 Å². The van der Waals surface area contributed by atoms with Crippen LogP contribution in [0.4, 0.5) is 0 Å². The first kappa shape index (κ1) is 20.6. The lowest BCUT2D eigenvalue weighted by Crippen LogP contribution is -2.33. The predicted molar refractivity (Wildman–Crippen MR) is 102 cm³/mol. The summed E-state index contributed by atoms with van der Waals surface area (Å²) in [5.41, 5.74) is 1.03. The number of unbranched alkanes of at least 4 members (excludes halogenated alkanes) is 1. The molecule has 2 N–H and O–H groups in total. The molecule has 1 aromatic rings. The average molecular weight is 380 g/mol. The smallest absolute Gasteiger partial charge is 0.303 e. The second-order valence-electron chi connectivity index (χ2n) is 7.09. The van der Waals surface area contributed by atoms with Gasteiger partial charge in [-0.2, -0.15) is 0 Å². The molecule has 2 rings (SSSR count). The number of hydrogen-bond acceptors (Lipinski definition) is 3. The van der Waals surface area contributed by atoms with Crippen LogP contribution in [0.15, 0.2) is 41.3 Å². The molecule has 0 aliphatic heterocycles. The molecule has 2 unspecified atom stereocenters. The minimum atomic E-state index is -3.48. The first-order valence-corrected chi connectivity index (χ1v) is 10.8. The number of carboxylic acid groups (broad SMARTS) is 1. The molecule has 0 heterocycles. The maximum Gasteiger partial charge on any atom is 0.303 e. The van der Waals surface area contributed by atoms with E-state index in [0.29, 0.717) is 29.7 Å². The van der Waals surface area contributed by atoms with Crippen LogP contribution >= 0.6 is 0 Å². The van der Waals surface area contributed by atoms with Gasteiger partial charge < -0.3 is 5.11 Å². The lowest BCUT2D eigenvalue weighted by atomic mass is 9.79. The Labute approximate surface area is 156 Å². The Bertz CT molecular complexity index is 710. The molecule has 1 aliphatic carbocycles. The van der Waals surface area contributed by atoms with Crippen LogP contribution in [-0.2, 0) is 14.8 Å². The van der Waals surface area contributed by atoms with Crippen molar-refractivity contribution in [2.45, 2.75) is 56.8 Å². The molecule has 5 nitrogen and oxygen atoms in total. The molecule has 144 valence electrons. The number of rotatable bonds is 9. The van der Waals surface area contributed by atoms with Gasteiger partial charge in [-0.3, -0.25) is 4.79 Å². The summed E-state index contributed by atoms with van der Waals surface area (Å²) in [7, 11) is -3.48. The Morgan fingerprint density at radius 3 is 2.62 bits per heavy atom. The van der Waals surface area contributed by atoms with Crippen molar-refractivity contribution in [3.05, 3.63) is 42.0 Å². The number of carboxylic acids is 1. The van der Waals surface area contributed by atoms with E-state index >= 15 is 0 Å². The Hall–Kier alpha value is -1.66. The highest BCUT2D eigenvalue weighted by molar-refractivity contribution is 7.89. The van der Waals surface area contributed by atoms with E-state index < -0.39 is 16.0 Å². The SMILES string of the molecule is Cc1ccc(S(=O)(=O)NCC2CCCCC2C=CCCCC(=O)O)cc1. The number of nitrogens with one attached hydrogen (secondary N) is 1. The maximum absolute atomic E-state index is 12.5. The summed E-state index contributed by atoms with van der Waals surface area (Å²) in [4.78, 5) is 10.8. The average Bonchev–Trinajstić information content (AvgIpc) is 2.61. The summed E-state index contributed by atoms with van der Waals surface area (Å²) >= 11 is 0. The Morgan fingerprint density at radius 2 is 1.92 bits per heavy atom. The number of benzene rings is 1. The molecule has 0 radical (unpaired) electrons. The molecule has 1 saturated carbocycles. The number of aliphatic carboxylic acids is 1. The van der Waals surface area contributed by atoms with Crippen LogP contribution in [0.5, 0.6) is 0 Å². The normalized spacial score (nSPS) is 21.1. The first-order valence-electron chi connectivity index (χ1n) is 9.33. The van der Waals surface area contributed by atoms with Crippen LogP contribution in [0.1, 0.15) is 50.5 Å². The zero-order chi connectivity index (χ0) is 19.0. The van der Waals surface area contributed by atoms with E-state index in [1.807, 2.05) is 6.92 Å². The van der Waals surface area contributed by atoms with E-state index in [2.05, 4.69) is 16.9 Å². The van der Waals surface area contributed by atoms with Crippen molar-refractivity contribution < 1.29 is 18.3 Å². The summed E-state index contributed by atoms with van der Waals surface area (Å²) in [5.74, 6) is -0.117. The number of hydrogen-bond donors (Lipinski definition) is 2. The Kier molecular flexibility index (Phi) is 7.85. The second kappa shape index (κ2) is 9.88. The zero-order valence-electron chi connectivity index (χ0n) is 15.4. The monoisotopic (exact) mass is 379 g/mol. The van der Waals surface area contributed by atoms with Crippen molar-refractivity contribution in [3.63, 3.8) is 0 Å². The summed E-state index contributed by atoms with van der Waals surface area (Å²) in [6.45, 7) is 2.37. The molecule has 1 fully saturated rings. The molecule has 0 aromatic heterocycles. The van der Waals surface area contributed by atoms with Gasteiger partial charge in [-0.05, 0) is 56.6 Å². The lowest BCUT2D eigenvalue weighted by Gasteiger charge is -2.29. The fraction of sp³-hybridized carbons (Fsp3) is 0.550. The van der Waals surface area contributed by atoms with Crippen molar-refractivity contribution in [1.29, 1.82) is 0 Å².